The van der Waals surface area contributed by atoms with E-state index in [1.165, 1.54) is 5.56 Å². The van der Waals surface area contributed by atoms with Crippen LogP contribution < -0.4 is 10.6 Å². The number of nitrogens with one attached hydrogen (secondary N) is 3. The zero-order valence-corrected chi connectivity index (χ0v) is 14.0. The number of rotatable bonds is 5. The molecule has 5 heteroatoms. The molecule has 0 aliphatic heterocycles. The van der Waals surface area contributed by atoms with E-state index in [2.05, 4.69) is 40.2 Å². The fourth-order valence-corrected chi connectivity index (χ4v) is 2.51. The molecule has 23 heavy (non-hydrogen) atoms. The maximum atomic E-state index is 6.29. The zero-order chi connectivity index (χ0) is 16.4. The van der Waals surface area contributed by atoms with Crippen LogP contribution in [-0.2, 0) is 6.54 Å². The molecule has 1 aromatic heterocycles. The summed E-state index contributed by atoms with van der Waals surface area (Å²) in [5.41, 5.74) is 5.99. The number of aromatic amines is 1. The molecule has 0 unspecified atom stereocenters. The van der Waals surface area contributed by atoms with Gasteiger partial charge in [-0.05, 0) is 49.2 Å². The van der Waals surface area contributed by atoms with Crippen molar-refractivity contribution in [1.29, 1.82) is 0 Å². The molecular formula is C18H19ClN4. The lowest BCUT2D eigenvalue weighted by Gasteiger charge is -2.10. The summed E-state index contributed by atoms with van der Waals surface area (Å²) in [6.07, 6.45) is 0. The third kappa shape index (κ3) is 3.66. The fraction of sp³-hybridized carbons (Fsp3) is 0.167. The number of nitrogens with zero attached hydrogens (tertiary/aromatic N) is 1. The van der Waals surface area contributed by atoms with Gasteiger partial charge in [-0.25, -0.2) is 4.98 Å². The molecule has 0 fully saturated rings. The maximum Gasteiger partial charge on any atom is 0.205 e. The molecule has 3 N–H and O–H groups in total. The number of anilines is 2. The van der Waals surface area contributed by atoms with Crippen molar-refractivity contribution in [2.45, 2.75) is 20.4 Å². The Kier molecular flexibility index (Phi) is 4.26. The van der Waals surface area contributed by atoms with Gasteiger partial charge in [0.2, 0.25) is 5.95 Å². The van der Waals surface area contributed by atoms with Gasteiger partial charge in [0.15, 0.2) is 0 Å². The van der Waals surface area contributed by atoms with Gasteiger partial charge in [-0.1, -0.05) is 30.3 Å². The Labute approximate surface area is 140 Å². The van der Waals surface area contributed by atoms with Crippen LogP contribution in [0.2, 0.25) is 5.02 Å². The molecule has 0 saturated carbocycles. The summed E-state index contributed by atoms with van der Waals surface area (Å²) in [4.78, 5) is 7.81. The van der Waals surface area contributed by atoms with Crippen LogP contribution in [0.3, 0.4) is 0 Å². The summed E-state index contributed by atoms with van der Waals surface area (Å²) >= 11 is 6.29. The maximum absolute atomic E-state index is 6.29. The van der Waals surface area contributed by atoms with Crippen molar-refractivity contribution in [3.63, 3.8) is 0 Å². The molecule has 1 heterocycles. The Bertz CT molecular complexity index is 867. The quantitative estimate of drug-likeness (QED) is 0.625. The lowest BCUT2D eigenvalue weighted by atomic mass is 10.2. The van der Waals surface area contributed by atoms with Gasteiger partial charge in [-0.2, -0.15) is 0 Å². The lowest BCUT2D eigenvalue weighted by Crippen LogP contribution is -2.09. The molecule has 4 nitrogen and oxygen atoms in total. The number of hydrogen-bond donors (Lipinski definition) is 3. The molecular weight excluding hydrogens is 308 g/mol. The van der Waals surface area contributed by atoms with Crippen LogP contribution in [0.5, 0.6) is 0 Å². The Balaban J connectivity index is 1.85. The highest BCUT2D eigenvalue weighted by Crippen LogP contribution is 2.27. The van der Waals surface area contributed by atoms with Crippen molar-refractivity contribution in [3.05, 3.63) is 64.8 Å². The number of aromatic nitrogens is 2. The topological polar surface area (TPSA) is 52.7 Å². The smallest absolute Gasteiger partial charge is 0.205 e. The molecule has 0 aliphatic carbocycles. The monoisotopic (exact) mass is 326 g/mol. The minimum atomic E-state index is 0.653. The number of hydrogen-bond acceptors (Lipinski definition) is 3. The molecule has 118 valence electrons. The molecule has 0 atom stereocenters. The van der Waals surface area contributed by atoms with E-state index < -0.39 is 0 Å². The second-order valence-corrected chi connectivity index (χ2v) is 6.09. The minimum Gasteiger partial charge on any atom is -0.385 e. The molecule has 0 radical (unpaired) electrons. The Morgan fingerprint density at radius 2 is 2.09 bits per heavy atom. The van der Waals surface area contributed by atoms with Crippen molar-refractivity contribution in [1.82, 2.24) is 15.3 Å². The molecule has 0 amide bonds. The van der Waals surface area contributed by atoms with Gasteiger partial charge >= 0.3 is 0 Å². The first-order valence-electron chi connectivity index (χ1n) is 7.42. The summed E-state index contributed by atoms with van der Waals surface area (Å²) in [5, 5.41) is 7.13. The molecule has 0 spiro atoms. The van der Waals surface area contributed by atoms with Crippen LogP contribution in [0.4, 0.5) is 11.6 Å². The van der Waals surface area contributed by atoms with Gasteiger partial charge in [-0.15, -0.1) is 0 Å². The van der Waals surface area contributed by atoms with Crippen molar-refractivity contribution in [2.75, 3.05) is 5.32 Å². The number of aryl methyl sites for hydroxylation is 1. The first-order valence-corrected chi connectivity index (χ1v) is 7.80. The summed E-state index contributed by atoms with van der Waals surface area (Å²) in [5.74, 6) is 0.678. The van der Waals surface area contributed by atoms with Crippen LogP contribution >= 0.6 is 11.6 Å². The first kappa shape index (κ1) is 15.4. The van der Waals surface area contributed by atoms with Gasteiger partial charge in [0.25, 0.3) is 0 Å². The van der Waals surface area contributed by atoms with Crippen LogP contribution in [0, 0.1) is 6.92 Å². The molecule has 0 bridgehead atoms. The van der Waals surface area contributed by atoms with Crippen LogP contribution in [0.15, 0.2) is 48.7 Å². The molecule has 2 aromatic carbocycles. The third-order valence-corrected chi connectivity index (χ3v) is 3.85. The summed E-state index contributed by atoms with van der Waals surface area (Å²) in [6, 6.07) is 12.0. The van der Waals surface area contributed by atoms with E-state index in [9.17, 15) is 0 Å². The van der Waals surface area contributed by atoms with E-state index in [1.54, 1.807) is 0 Å². The Morgan fingerprint density at radius 1 is 1.26 bits per heavy atom. The summed E-state index contributed by atoms with van der Waals surface area (Å²) in [6.45, 7) is 8.54. The highest BCUT2D eigenvalue weighted by molar-refractivity contribution is 6.33. The van der Waals surface area contributed by atoms with Gasteiger partial charge in [0, 0.05) is 12.2 Å². The predicted octanol–water partition coefficient (Wildman–Crippen LogP) is 4.89. The average molecular weight is 327 g/mol. The van der Waals surface area contributed by atoms with Crippen LogP contribution in [0.25, 0.3) is 11.0 Å². The van der Waals surface area contributed by atoms with Crippen LogP contribution in [-0.4, -0.2) is 9.97 Å². The van der Waals surface area contributed by atoms with Crippen molar-refractivity contribution in [2.24, 2.45) is 0 Å². The van der Waals surface area contributed by atoms with Crippen molar-refractivity contribution in [3.8, 4) is 0 Å². The SMILES string of the molecule is C=C(C)NCc1ccc(Cl)c(Nc2nc3ccc(C)cc3[nH]2)c1. The highest BCUT2D eigenvalue weighted by Gasteiger charge is 2.07. The van der Waals surface area contributed by atoms with Gasteiger partial charge < -0.3 is 15.6 Å². The number of benzene rings is 2. The van der Waals surface area contributed by atoms with Gasteiger partial charge in [0.05, 0.1) is 21.7 Å². The first-order chi connectivity index (χ1) is 11.0. The number of fused-ring (bicyclic) bond motifs is 1. The second-order valence-electron chi connectivity index (χ2n) is 5.68. The standard InChI is InChI=1S/C18H19ClN4/c1-11(2)20-10-13-5-6-14(19)16(9-13)22-18-21-15-7-4-12(3)8-17(15)23-18/h4-9,20H,1,10H2,2-3H3,(H2,21,22,23). The van der Waals surface area contributed by atoms with E-state index in [4.69, 9.17) is 11.6 Å². The third-order valence-electron chi connectivity index (χ3n) is 3.52. The average Bonchev–Trinajstić information content (AvgIpc) is 2.89. The predicted molar refractivity (Wildman–Crippen MR) is 97.2 cm³/mol. The van der Waals surface area contributed by atoms with E-state index in [1.807, 2.05) is 37.3 Å². The molecule has 3 rings (SSSR count). The second kappa shape index (κ2) is 6.34. The number of allylic oxidation sites excluding steroid dienone is 1. The van der Waals surface area contributed by atoms with Gasteiger partial charge in [0.1, 0.15) is 0 Å². The largest absolute Gasteiger partial charge is 0.385 e. The van der Waals surface area contributed by atoms with E-state index in [0.717, 1.165) is 28.0 Å². The Hall–Kier alpha value is -2.46. The van der Waals surface area contributed by atoms with Crippen molar-refractivity contribution < 1.29 is 0 Å². The molecule has 0 saturated heterocycles. The summed E-state index contributed by atoms with van der Waals surface area (Å²) in [7, 11) is 0. The number of H-pyrrole nitrogens is 1. The summed E-state index contributed by atoms with van der Waals surface area (Å²) < 4.78 is 0. The van der Waals surface area contributed by atoms with Crippen molar-refractivity contribution >= 4 is 34.3 Å². The minimum absolute atomic E-state index is 0.653. The van der Waals surface area contributed by atoms with Crippen LogP contribution in [0.1, 0.15) is 18.1 Å². The van der Waals surface area contributed by atoms with E-state index in [0.29, 0.717) is 17.5 Å². The van der Waals surface area contributed by atoms with E-state index >= 15 is 0 Å². The van der Waals surface area contributed by atoms with Gasteiger partial charge in [-0.3, -0.25) is 0 Å². The molecule has 3 aromatic rings. The highest BCUT2D eigenvalue weighted by atomic mass is 35.5. The normalized spacial score (nSPS) is 10.7. The lowest BCUT2D eigenvalue weighted by molar-refractivity contribution is 0.816. The molecule has 0 aliphatic rings. The number of imidazole rings is 1. The van der Waals surface area contributed by atoms with E-state index in [-0.39, 0.29) is 0 Å². The number of halogens is 1. The fourth-order valence-electron chi connectivity index (χ4n) is 2.34. The Morgan fingerprint density at radius 3 is 2.87 bits per heavy atom. The zero-order valence-electron chi connectivity index (χ0n) is 13.2.